The van der Waals surface area contributed by atoms with Gasteiger partial charge in [0, 0.05) is 44.5 Å². The number of benzene rings is 9. The van der Waals surface area contributed by atoms with Crippen LogP contribution in [-0.2, 0) is 0 Å². The van der Waals surface area contributed by atoms with Crippen LogP contribution in [0.4, 0.5) is 0 Å². The molecule has 9 rings (SSSR count). The number of aryl methyl sites for hydroxylation is 12. The number of ether oxygens (including phenoxy) is 2. The summed E-state index contributed by atoms with van der Waals surface area (Å²) in [5.74, 6) is 3.10. The van der Waals surface area contributed by atoms with E-state index in [4.69, 9.17) is 9.47 Å². The molecule has 0 atom stereocenters. The van der Waals surface area contributed by atoms with Crippen molar-refractivity contribution >= 4 is 23.1 Å². The molecule has 6 nitrogen and oxygen atoms in total. The van der Waals surface area contributed by atoms with Gasteiger partial charge in [0.25, 0.3) is 0 Å². The van der Waals surface area contributed by atoms with E-state index >= 15 is 0 Å². The molecule has 0 amide bonds. The maximum atomic E-state index is 12.8. The molecule has 382 valence electrons. The fraction of sp³-hybridized carbons (Fsp3) is 0.171. The average Bonchev–Trinajstić information content (AvgIpc) is 3.42. The van der Waals surface area contributed by atoms with Crippen LogP contribution in [-0.4, -0.2) is 23.1 Å². The second kappa shape index (κ2) is 24.5. The molecular weight excluding hydrogens is 937 g/mol. The normalized spacial score (nSPS) is 10.6. The fourth-order valence-corrected chi connectivity index (χ4v) is 8.17. The predicted molar refractivity (Wildman–Crippen MR) is 309 cm³/mol. The van der Waals surface area contributed by atoms with E-state index in [-0.39, 0.29) is 23.1 Å². The van der Waals surface area contributed by atoms with Crippen LogP contribution in [0, 0.1) is 83.1 Å². The highest BCUT2D eigenvalue weighted by Gasteiger charge is 2.16. The van der Waals surface area contributed by atoms with Gasteiger partial charge in [0.15, 0.2) is 23.1 Å². The Morgan fingerprint density at radius 2 is 0.421 bits per heavy atom. The van der Waals surface area contributed by atoms with Crippen molar-refractivity contribution in [3.05, 3.63) is 293 Å². The second-order valence-electron chi connectivity index (χ2n) is 19.8. The van der Waals surface area contributed by atoms with Crippen molar-refractivity contribution in [2.45, 2.75) is 83.1 Å². The Morgan fingerprint density at radius 3 is 0.684 bits per heavy atom. The van der Waals surface area contributed by atoms with Crippen molar-refractivity contribution in [1.82, 2.24) is 0 Å². The standard InChI is InChI=1S/2C24H22O2.C22H22O2/c1-15-5-7-21(13-17(15)3)23(25)19-9-11-20(12-10-19)24(26)22-8-6-16(2)18(4)14-22;1-15-8-10-21(12-17(15)3)23(25)19-6-5-7-20(14-19)24(26)22-11-9-16(2)18(4)13-22;1-15-5-7-21(13-17(15)3)23-19-9-11-20(12-10-19)24-22-8-6-16(2)18(4)14-22/h2*5-14H,1-4H3;5-14H,1-4H3. The number of carbonyl (C=O) groups is 4. The van der Waals surface area contributed by atoms with Crippen LogP contribution in [0.2, 0.25) is 0 Å². The molecule has 0 N–H and O–H groups in total. The summed E-state index contributed by atoms with van der Waals surface area (Å²) in [7, 11) is 0. The summed E-state index contributed by atoms with van der Waals surface area (Å²) in [6, 6.07) is 56.6. The maximum absolute atomic E-state index is 12.8. The molecule has 6 heteroatoms. The van der Waals surface area contributed by atoms with Crippen LogP contribution in [0.1, 0.15) is 130 Å². The first-order valence-corrected chi connectivity index (χ1v) is 25.5. The molecule has 0 radical (unpaired) electrons. The Bertz CT molecular complexity index is 3380. The summed E-state index contributed by atoms with van der Waals surface area (Å²) in [6.45, 7) is 24.4. The largest absolute Gasteiger partial charge is 0.457 e. The topological polar surface area (TPSA) is 86.7 Å². The van der Waals surface area contributed by atoms with Crippen LogP contribution < -0.4 is 9.47 Å². The van der Waals surface area contributed by atoms with E-state index in [1.165, 1.54) is 22.3 Å². The minimum Gasteiger partial charge on any atom is -0.457 e. The fourth-order valence-electron chi connectivity index (χ4n) is 8.17. The Labute approximate surface area is 449 Å². The molecule has 0 spiro atoms. The van der Waals surface area contributed by atoms with Gasteiger partial charge in [0.2, 0.25) is 0 Å². The van der Waals surface area contributed by atoms with E-state index in [1.807, 2.05) is 165 Å². The Morgan fingerprint density at radius 1 is 0.211 bits per heavy atom. The number of hydrogen-bond acceptors (Lipinski definition) is 6. The monoisotopic (exact) mass is 1000 g/mol. The zero-order valence-corrected chi connectivity index (χ0v) is 45.8. The van der Waals surface area contributed by atoms with Crippen LogP contribution in [0.25, 0.3) is 0 Å². The van der Waals surface area contributed by atoms with Crippen molar-refractivity contribution in [2.24, 2.45) is 0 Å². The van der Waals surface area contributed by atoms with Crippen molar-refractivity contribution in [3.63, 3.8) is 0 Å². The van der Waals surface area contributed by atoms with Gasteiger partial charge < -0.3 is 9.47 Å². The molecule has 0 aromatic heterocycles. The highest BCUT2D eigenvalue weighted by Crippen LogP contribution is 2.29. The number of carbonyl (C=O) groups excluding carboxylic acids is 4. The van der Waals surface area contributed by atoms with E-state index < -0.39 is 0 Å². The van der Waals surface area contributed by atoms with Gasteiger partial charge in [-0.2, -0.15) is 0 Å². The third-order valence-corrected chi connectivity index (χ3v) is 14.1. The number of ketones is 4. The highest BCUT2D eigenvalue weighted by molar-refractivity contribution is 6.14. The molecule has 76 heavy (non-hydrogen) atoms. The smallest absolute Gasteiger partial charge is 0.193 e. The van der Waals surface area contributed by atoms with Crippen LogP contribution in [0.5, 0.6) is 23.0 Å². The lowest BCUT2D eigenvalue weighted by atomic mass is 9.95. The van der Waals surface area contributed by atoms with Crippen LogP contribution in [0.15, 0.2) is 182 Å². The lowest BCUT2D eigenvalue weighted by molar-refractivity contribution is 0.102. The molecule has 0 saturated heterocycles. The molecule has 0 aliphatic carbocycles. The van der Waals surface area contributed by atoms with Gasteiger partial charge in [-0.05, 0) is 229 Å². The Balaban J connectivity index is 0.000000166. The van der Waals surface area contributed by atoms with E-state index in [0.717, 1.165) is 67.5 Å². The molecule has 9 aromatic rings. The summed E-state index contributed by atoms with van der Waals surface area (Å²) < 4.78 is 11.8. The zero-order chi connectivity index (χ0) is 54.8. The van der Waals surface area contributed by atoms with Gasteiger partial charge >= 0.3 is 0 Å². The van der Waals surface area contributed by atoms with Gasteiger partial charge in [-0.1, -0.05) is 103 Å². The average molecular weight is 1000 g/mol. The highest BCUT2D eigenvalue weighted by atomic mass is 16.5. The first-order valence-electron chi connectivity index (χ1n) is 25.5. The molecule has 0 fully saturated rings. The molecule has 0 aliphatic heterocycles. The van der Waals surface area contributed by atoms with Crippen molar-refractivity contribution in [3.8, 4) is 23.0 Å². The van der Waals surface area contributed by atoms with Crippen molar-refractivity contribution in [2.75, 3.05) is 0 Å². The Kier molecular flexibility index (Phi) is 17.8. The van der Waals surface area contributed by atoms with Crippen LogP contribution >= 0.6 is 0 Å². The Hall–Kier alpha value is -8.74. The summed E-state index contributed by atoms with van der Waals surface area (Å²) in [5.41, 5.74) is 18.8. The lowest BCUT2D eigenvalue weighted by Gasteiger charge is -2.10. The van der Waals surface area contributed by atoms with Gasteiger partial charge in [-0.25, -0.2) is 0 Å². The first kappa shape index (κ1) is 55.0. The minimum atomic E-state index is -0.0668. The van der Waals surface area contributed by atoms with Gasteiger partial charge in [-0.15, -0.1) is 0 Å². The molecule has 0 heterocycles. The van der Waals surface area contributed by atoms with Gasteiger partial charge in [0.05, 0.1) is 0 Å². The number of hydrogen-bond donors (Lipinski definition) is 0. The van der Waals surface area contributed by atoms with E-state index in [2.05, 4.69) is 52.0 Å². The molecule has 0 saturated carbocycles. The van der Waals surface area contributed by atoms with E-state index in [1.54, 1.807) is 48.5 Å². The molecule has 0 bridgehead atoms. The van der Waals surface area contributed by atoms with Crippen molar-refractivity contribution < 1.29 is 28.7 Å². The summed E-state index contributed by atoms with van der Waals surface area (Å²) >= 11 is 0. The van der Waals surface area contributed by atoms with Crippen molar-refractivity contribution in [1.29, 1.82) is 0 Å². The first-order chi connectivity index (χ1) is 36.2. The molecular formula is C70H66O6. The van der Waals surface area contributed by atoms with E-state index in [9.17, 15) is 19.2 Å². The molecule has 9 aromatic carbocycles. The van der Waals surface area contributed by atoms with Gasteiger partial charge in [-0.3, -0.25) is 19.2 Å². The third-order valence-electron chi connectivity index (χ3n) is 14.1. The lowest BCUT2D eigenvalue weighted by Crippen LogP contribution is -2.06. The summed E-state index contributed by atoms with van der Waals surface area (Å²) in [4.78, 5) is 50.9. The van der Waals surface area contributed by atoms with Crippen LogP contribution in [0.3, 0.4) is 0 Å². The summed E-state index contributed by atoms with van der Waals surface area (Å²) in [5, 5.41) is 0. The third kappa shape index (κ3) is 13.9. The van der Waals surface area contributed by atoms with Gasteiger partial charge in [0.1, 0.15) is 23.0 Å². The molecule has 0 aliphatic rings. The quantitative estimate of drug-likeness (QED) is 0.113. The SMILES string of the molecule is Cc1ccc(C(=O)c2ccc(C(=O)c3ccc(C)c(C)c3)cc2)cc1C.Cc1ccc(C(=O)c2cccc(C(=O)c3ccc(C)c(C)c3)c2)cc1C.Cc1ccc(Oc2ccc(Oc3ccc(C)c(C)c3)cc2)cc1C. The summed E-state index contributed by atoms with van der Waals surface area (Å²) in [6.07, 6.45) is 0. The zero-order valence-electron chi connectivity index (χ0n) is 45.8. The maximum Gasteiger partial charge on any atom is 0.193 e. The predicted octanol–water partition coefficient (Wildman–Crippen LogP) is 17.3. The molecule has 0 unspecified atom stereocenters. The van der Waals surface area contributed by atoms with E-state index in [0.29, 0.717) is 44.5 Å². The second-order valence-corrected chi connectivity index (χ2v) is 19.8. The minimum absolute atomic E-state index is 0.0294. The number of rotatable bonds is 12.